The molecule has 0 aliphatic carbocycles. The molecule has 126 valence electrons. The van der Waals surface area contributed by atoms with E-state index >= 15 is 0 Å². The van der Waals surface area contributed by atoms with Gasteiger partial charge in [0.1, 0.15) is 17.3 Å². The maximum Gasteiger partial charge on any atom is 0.263 e. The second-order valence-corrected chi connectivity index (χ2v) is 7.55. The molecule has 3 nitrogen and oxygen atoms in total. The number of aryl methyl sites for hydroxylation is 2. The highest BCUT2D eigenvalue weighted by molar-refractivity contribution is 7.19. The van der Waals surface area contributed by atoms with Crippen molar-refractivity contribution in [1.82, 2.24) is 9.55 Å². The zero-order valence-electron chi connectivity index (χ0n) is 14.4. The van der Waals surface area contributed by atoms with E-state index < -0.39 is 6.67 Å². The molecule has 0 atom stereocenters. The third kappa shape index (κ3) is 2.77. The molecule has 0 amide bonds. The SMILES string of the molecule is Cc1ccc(-c2c(C)sc3nc(C(C)C)n(CCF)c(=O)c23)cc1. The molecule has 0 saturated heterocycles. The summed E-state index contributed by atoms with van der Waals surface area (Å²) in [5.41, 5.74) is 2.97. The van der Waals surface area contributed by atoms with Crippen LogP contribution in [-0.4, -0.2) is 16.2 Å². The molecule has 0 bridgehead atoms. The molecule has 1 aromatic carbocycles. The third-order valence-electron chi connectivity index (χ3n) is 4.18. The first-order chi connectivity index (χ1) is 11.4. The lowest BCUT2D eigenvalue weighted by Gasteiger charge is -2.14. The van der Waals surface area contributed by atoms with Crippen molar-refractivity contribution in [2.75, 3.05) is 6.67 Å². The standard InChI is InChI=1S/C19H21FN2OS/c1-11(2)17-21-18-16(19(23)22(17)10-9-20)15(13(4)24-18)14-7-5-12(3)6-8-14/h5-8,11H,9-10H2,1-4H3. The summed E-state index contributed by atoms with van der Waals surface area (Å²) in [4.78, 5) is 19.6. The molecule has 2 aromatic heterocycles. The first-order valence-corrected chi connectivity index (χ1v) is 8.92. The van der Waals surface area contributed by atoms with Gasteiger partial charge in [-0.3, -0.25) is 9.36 Å². The number of aromatic nitrogens is 2. The molecule has 0 aliphatic heterocycles. The summed E-state index contributed by atoms with van der Waals surface area (Å²) in [6.45, 7) is 7.48. The van der Waals surface area contributed by atoms with Crippen LogP contribution < -0.4 is 5.56 Å². The van der Waals surface area contributed by atoms with Crippen molar-refractivity contribution < 1.29 is 4.39 Å². The number of nitrogens with zero attached hydrogens (tertiary/aromatic N) is 2. The van der Waals surface area contributed by atoms with Crippen molar-refractivity contribution in [3.63, 3.8) is 0 Å². The molecule has 3 rings (SSSR count). The van der Waals surface area contributed by atoms with E-state index in [9.17, 15) is 9.18 Å². The predicted molar refractivity (Wildman–Crippen MR) is 98.9 cm³/mol. The molecule has 0 aliphatic rings. The zero-order valence-corrected chi connectivity index (χ0v) is 15.2. The van der Waals surface area contributed by atoms with Crippen LogP contribution in [0.5, 0.6) is 0 Å². The number of halogens is 1. The van der Waals surface area contributed by atoms with E-state index in [2.05, 4.69) is 0 Å². The highest BCUT2D eigenvalue weighted by Gasteiger charge is 2.20. The van der Waals surface area contributed by atoms with Crippen LogP contribution in [0.1, 0.15) is 36.0 Å². The van der Waals surface area contributed by atoms with E-state index in [0.717, 1.165) is 20.8 Å². The number of benzene rings is 1. The highest BCUT2D eigenvalue weighted by Crippen LogP contribution is 2.36. The molecule has 2 heterocycles. The number of fused-ring (bicyclic) bond motifs is 1. The first-order valence-electron chi connectivity index (χ1n) is 8.11. The van der Waals surface area contributed by atoms with Gasteiger partial charge in [0.2, 0.25) is 0 Å². The van der Waals surface area contributed by atoms with Gasteiger partial charge in [0.15, 0.2) is 0 Å². The zero-order chi connectivity index (χ0) is 17.4. The number of rotatable bonds is 4. The lowest BCUT2D eigenvalue weighted by Crippen LogP contribution is -2.26. The molecule has 0 radical (unpaired) electrons. The van der Waals surface area contributed by atoms with Crippen molar-refractivity contribution in [2.45, 2.75) is 40.2 Å². The number of thiophene rings is 1. The van der Waals surface area contributed by atoms with E-state index in [1.807, 2.05) is 52.0 Å². The van der Waals surface area contributed by atoms with Crippen LogP contribution in [-0.2, 0) is 6.54 Å². The Morgan fingerprint density at radius 1 is 1.21 bits per heavy atom. The van der Waals surface area contributed by atoms with Gasteiger partial charge in [0.25, 0.3) is 5.56 Å². The lowest BCUT2D eigenvalue weighted by molar-refractivity contribution is 0.428. The molecule has 3 aromatic rings. The summed E-state index contributed by atoms with van der Waals surface area (Å²) in [6.07, 6.45) is 0. The molecular weight excluding hydrogens is 323 g/mol. The smallest absolute Gasteiger partial charge is 0.263 e. The van der Waals surface area contributed by atoms with Crippen LogP contribution in [0.4, 0.5) is 4.39 Å². The minimum Gasteiger partial charge on any atom is -0.293 e. The fraction of sp³-hybridized carbons (Fsp3) is 0.368. The third-order valence-corrected chi connectivity index (χ3v) is 5.18. The van der Waals surface area contributed by atoms with Gasteiger partial charge >= 0.3 is 0 Å². The van der Waals surface area contributed by atoms with Crippen LogP contribution >= 0.6 is 11.3 Å². The van der Waals surface area contributed by atoms with Gasteiger partial charge in [0, 0.05) is 16.4 Å². The van der Waals surface area contributed by atoms with Crippen molar-refractivity contribution >= 4 is 21.6 Å². The van der Waals surface area contributed by atoms with Crippen molar-refractivity contribution in [2.24, 2.45) is 0 Å². The molecule has 0 saturated carbocycles. The average Bonchev–Trinajstić information content (AvgIpc) is 2.87. The highest BCUT2D eigenvalue weighted by atomic mass is 32.1. The van der Waals surface area contributed by atoms with Crippen LogP contribution in [0.15, 0.2) is 29.1 Å². The van der Waals surface area contributed by atoms with Gasteiger partial charge in [-0.2, -0.15) is 0 Å². The van der Waals surface area contributed by atoms with Crippen LogP contribution in [0.3, 0.4) is 0 Å². The van der Waals surface area contributed by atoms with Gasteiger partial charge in [-0.25, -0.2) is 9.37 Å². The summed E-state index contributed by atoms with van der Waals surface area (Å²) < 4.78 is 14.5. The minimum absolute atomic E-state index is 0.0531. The summed E-state index contributed by atoms with van der Waals surface area (Å²) in [5, 5.41) is 0.610. The van der Waals surface area contributed by atoms with Crippen LogP contribution in [0, 0.1) is 13.8 Å². The van der Waals surface area contributed by atoms with Gasteiger partial charge in [-0.1, -0.05) is 43.7 Å². The van der Waals surface area contributed by atoms with E-state index in [1.54, 1.807) is 0 Å². The summed E-state index contributed by atoms with van der Waals surface area (Å²) in [6, 6.07) is 8.13. The topological polar surface area (TPSA) is 34.9 Å². The quantitative estimate of drug-likeness (QED) is 0.679. The Hall–Kier alpha value is -2.01. The Labute approximate surface area is 144 Å². The molecule has 24 heavy (non-hydrogen) atoms. The molecule has 0 fully saturated rings. The lowest BCUT2D eigenvalue weighted by atomic mass is 10.0. The molecule has 0 unspecified atom stereocenters. The monoisotopic (exact) mass is 344 g/mol. The minimum atomic E-state index is -0.574. The Kier molecular flexibility index (Phi) is 4.54. The van der Waals surface area contributed by atoms with Gasteiger partial charge in [-0.05, 0) is 19.4 Å². The summed E-state index contributed by atoms with van der Waals surface area (Å²) in [7, 11) is 0. The Morgan fingerprint density at radius 2 is 1.88 bits per heavy atom. The van der Waals surface area contributed by atoms with Gasteiger partial charge in [0.05, 0.1) is 11.9 Å². The molecule has 5 heteroatoms. The second-order valence-electron chi connectivity index (χ2n) is 6.35. The maximum absolute atomic E-state index is 13.1. The summed E-state index contributed by atoms with van der Waals surface area (Å²) >= 11 is 1.53. The number of alkyl halides is 1. The van der Waals surface area contributed by atoms with Gasteiger partial charge < -0.3 is 0 Å². The van der Waals surface area contributed by atoms with Crippen molar-refractivity contribution in [1.29, 1.82) is 0 Å². The normalized spacial score (nSPS) is 11.6. The largest absolute Gasteiger partial charge is 0.293 e. The van der Waals surface area contributed by atoms with Gasteiger partial charge in [-0.15, -0.1) is 11.3 Å². The first kappa shape index (κ1) is 16.8. The van der Waals surface area contributed by atoms with E-state index in [1.165, 1.54) is 21.5 Å². The fourth-order valence-corrected chi connectivity index (χ4v) is 4.06. The van der Waals surface area contributed by atoms with E-state index in [-0.39, 0.29) is 18.0 Å². The number of hydrogen-bond acceptors (Lipinski definition) is 3. The van der Waals surface area contributed by atoms with Crippen LogP contribution in [0.2, 0.25) is 0 Å². The fourth-order valence-electron chi connectivity index (χ4n) is 3.02. The van der Waals surface area contributed by atoms with Crippen molar-refractivity contribution in [3.05, 3.63) is 50.9 Å². The number of hydrogen-bond donors (Lipinski definition) is 0. The van der Waals surface area contributed by atoms with E-state index in [0.29, 0.717) is 11.2 Å². The molecule has 0 N–H and O–H groups in total. The summed E-state index contributed by atoms with van der Waals surface area (Å²) in [5.74, 6) is 0.723. The Morgan fingerprint density at radius 3 is 2.46 bits per heavy atom. The molecular formula is C19H21FN2OS. The van der Waals surface area contributed by atoms with Crippen LogP contribution in [0.25, 0.3) is 21.3 Å². The maximum atomic E-state index is 13.1. The Balaban J connectivity index is 2.36. The van der Waals surface area contributed by atoms with Crippen molar-refractivity contribution in [3.8, 4) is 11.1 Å². The molecule has 0 spiro atoms. The predicted octanol–water partition coefficient (Wildman–Crippen LogP) is 4.83. The van der Waals surface area contributed by atoms with E-state index in [4.69, 9.17) is 4.98 Å². The second kappa shape index (κ2) is 6.48. The Bertz CT molecular complexity index is 939. The average molecular weight is 344 g/mol.